The van der Waals surface area contributed by atoms with Gasteiger partial charge in [-0.25, -0.2) is 0 Å². The van der Waals surface area contributed by atoms with Crippen molar-refractivity contribution in [3.63, 3.8) is 0 Å². The van der Waals surface area contributed by atoms with E-state index in [1.54, 1.807) is 0 Å². The third-order valence-corrected chi connectivity index (χ3v) is 4.74. The van der Waals surface area contributed by atoms with Crippen molar-refractivity contribution in [1.82, 2.24) is 4.90 Å². The smallest absolute Gasteiger partial charge is 0.0501 e. The first kappa shape index (κ1) is 16.5. The zero-order chi connectivity index (χ0) is 14.4. The summed E-state index contributed by atoms with van der Waals surface area (Å²) in [6.45, 7) is 6.63. The van der Waals surface area contributed by atoms with Crippen molar-refractivity contribution in [2.24, 2.45) is 5.73 Å². The first-order chi connectivity index (χ1) is 9.02. The Balaban J connectivity index is 3.05. The number of hydrogen-bond acceptors (Lipinski definition) is 3. The predicted molar refractivity (Wildman–Crippen MR) is 87.8 cm³/mol. The molecule has 1 aromatic rings. The van der Waals surface area contributed by atoms with Crippen LogP contribution in [-0.2, 0) is 0 Å². The molecule has 0 bridgehead atoms. The molecule has 1 aromatic carbocycles. The van der Waals surface area contributed by atoms with E-state index in [4.69, 9.17) is 5.73 Å². The summed E-state index contributed by atoms with van der Waals surface area (Å²) in [4.78, 5) is 2.44. The largest absolute Gasteiger partial charge is 0.326 e. The Hall–Kier alpha value is -0.510. The molecule has 0 amide bonds. The second kappa shape index (κ2) is 7.93. The highest BCUT2D eigenvalue weighted by Gasteiger charge is 2.27. The lowest BCUT2D eigenvalue weighted by Gasteiger charge is -2.37. The van der Waals surface area contributed by atoms with E-state index < -0.39 is 0 Å². The van der Waals surface area contributed by atoms with Crippen LogP contribution in [0.5, 0.6) is 0 Å². The van der Waals surface area contributed by atoms with Gasteiger partial charge in [-0.2, -0.15) is 11.8 Å². The van der Waals surface area contributed by atoms with Gasteiger partial charge in [0.25, 0.3) is 0 Å². The third-order valence-electron chi connectivity index (χ3n) is 3.93. The third kappa shape index (κ3) is 4.23. The van der Waals surface area contributed by atoms with Crippen molar-refractivity contribution >= 4 is 11.8 Å². The van der Waals surface area contributed by atoms with Gasteiger partial charge in [0.15, 0.2) is 0 Å². The average molecular weight is 280 g/mol. The highest BCUT2D eigenvalue weighted by molar-refractivity contribution is 7.98. The first-order valence-corrected chi connectivity index (χ1v) is 8.44. The van der Waals surface area contributed by atoms with Crippen LogP contribution in [0.1, 0.15) is 37.4 Å². The molecular formula is C16H28N2S. The van der Waals surface area contributed by atoms with Gasteiger partial charge < -0.3 is 5.73 Å². The Labute approximate surface area is 122 Å². The van der Waals surface area contributed by atoms with Crippen LogP contribution in [0, 0.1) is 6.92 Å². The molecule has 0 aliphatic carbocycles. The van der Waals surface area contributed by atoms with Gasteiger partial charge in [0, 0.05) is 17.8 Å². The minimum Gasteiger partial charge on any atom is -0.326 e. The molecule has 0 fully saturated rings. The van der Waals surface area contributed by atoms with Crippen molar-refractivity contribution in [1.29, 1.82) is 0 Å². The molecule has 108 valence electrons. The van der Waals surface area contributed by atoms with Crippen molar-refractivity contribution < 1.29 is 0 Å². The number of likely N-dealkylation sites (N-methyl/N-ethyl adjacent to an activating group) is 1. The number of aryl methyl sites for hydroxylation is 1. The van der Waals surface area contributed by atoms with E-state index >= 15 is 0 Å². The van der Waals surface area contributed by atoms with Crippen LogP contribution in [0.3, 0.4) is 0 Å². The molecule has 0 heterocycles. The molecule has 1 rings (SSSR count). The van der Waals surface area contributed by atoms with Crippen LogP contribution in [0.2, 0.25) is 0 Å². The molecule has 0 aromatic heterocycles. The van der Waals surface area contributed by atoms with Crippen LogP contribution in [0.4, 0.5) is 0 Å². The second-order valence-electron chi connectivity index (χ2n) is 5.34. The minimum atomic E-state index is 0.176. The maximum Gasteiger partial charge on any atom is 0.0501 e. The number of thioether (sulfide) groups is 1. The number of nitrogens with two attached hydrogens (primary N) is 1. The molecule has 3 atom stereocenters. The standard InChI is InChI=1S/C16H28N2S/c1-6-15(17)16(18(4)13(3)11-19-5)14-10-8-7-9-12(14)2/h7-10,13,15-16H,6,11,17H2,1-5H3. The SMILES string of the molecule is CCC(N)C(c1ccccc1C)N(C)C(C)CSC. The molecule has 3 heteroatoms. The molecule has 2 nitrogen and oxygen atoms in total. The zero-order valence-corrected chi connectivity index (χ0v) is 13.7. The highest BCUT2D eigenvalue weighted by Crippen LogP contribution is 2.28. The van der Waals surface area contributed by atoms with Crippen molar-refractivity contribution in [3.05, 3.63) is 35.4 Å². The number of hydrogen-bond donors (Lipinski definition) is 1. The number of nitrogens with zero attached hydrogens (tertiary/aromatic N) is 1. The van der Waals surface area contributed by atoms with Gasteiger partial charge in [0.2, 0.25) is 0 Å². The summed E-state index contributed by atoms with van der Waals surface area (Å²) in [5.41, 5.74) is 9.11. The van der Waals surface area contributed by atoms with E-state index in [9.17, 15) is 0 Å². The number of benzene rings is 1. The molecule has 0 saturated heterocycles. The van der Waals surface area contributed by atoms with Crippen LogP contribution >= 0.6 is 11.8 Å². The molecule has 3 unspecified atom stereocenters. The quantitative estimate of drug-likeness (QED) is 0.829. The summed E-state index contributed by atoms with van der Waals surface area (Å²) in [7, 11) is 2.20. The van der Waals surface area contributed by atoms with E-state index in [0.29, 0.717) is 12.1 Å². The normalized spacial score (nSPS) is 16.4. The Kier molecular flexibility index (Phi) is 6.90. The molecule has 0 spiro atoms. The zero-order valence-electron chi connectivity index (χ0n) is 12.9. The lowest BCUT2D eigenvalue weighted by Crippen LogP contribution is -2.44. The van der Waals surface area contributed by atoms with Gasteiger partial charge in [-0.3, -0.25) is 4.90 Å². The molecular weight excluding hydrogens is 252 g/mol. The monoisotopic (exact) mass is 280 g/mol. The molecule has 0 radical (unpaired) electrons. The number of rotatable bonds is 7. The summed E-state index contributed by atoms with van der Waals surface area (Å²) in [5, 5.41) is 0. The minimum absolute atomic E-state index is 0.176. The summed E-state index contributed by atoms with van der Waals surface area (Å²) in [6, 6.07) is 9.61. The van der Waals surface area contributed by atoms with E-state index in [1.807, 2.05) is 11.8 Å². The van der Waals surface area contributed by atoms with Crippen molar-refractivity contribution in [2.75, 3.05) is 19.1 Å². The molecule has 0 saturated carbocycles. The van der Waals surface area contributed by atoms with Crippen LogP contribution < -0.4 is 5.73 Å². The maximum atomic E-state index is 6.40. The van der Waals surface area contributed by atoms with Crippen LogP contribution in [-0.4, -0.2) is 36.0 Å². The van der Waals surface area contributed by atoms with Gasteiger partial charge in [-0.15, -0.1) is 0 Å². The predicted octanol–water partition coefficient (Wildman–Crippen LogP) is 3.46. The molecule has 0 aliphatic rings. The van der Waals surface area contributed by atoms with E-state index in [2.05, 4.69) is 63.2 Å². The Morgan fingerprint density at radius 3 is 2.47 bits per heavy atom. The second-order valence-corrected chi connectivity index (χ2v) is 6.25. The highest BCUT2D eigenvalue weighted by atomic mass is 32.2. The Morgan fingerprint density at radius 2 is 1.95 bits per heavy atom. The lowest BCUT2D eigenvalue weighted by molar-refractivity contribution is 0.170. The van der Waals surface area contributed by atoms with E-state index in [-0.39, 0.29) is 6.04 Å². The van der Waals surface area contributed by atoms with Gasteiger partial charge >= 0.3 is 0 Å². The van der Waals surface area contributed by atoms with E-state index in [0.717, 1.165) is 12.2 Å². The summed E-state index contributed by atoms with van der Waals surface area (Å²) < 4.78 is 0. The van der Waals surface area contributed by atoms with Crippen molar-refractivity contribution in [2.45, 2.75) is 45.3 Å². The maximum absolute atomic E-state index is 6.40. The van der Waals surface area contributed by atoms with Gasteiger partial charge in [-0.1, -0.05) is 31.2 Å². The summed E-state index contributed by atoms with van der Waals surface area (Å²) in [6.07, 6.45) is 3.15. The lowest BCUT2D eigenvalue weighted by atomic mass is 9.92. The fourth-order valence-corrected chi connectivity index (χ4v) is 3.24. The van der Waals surface area contributed by atoms with Crippen LogP contribution in [0.15, 0.2) is 24.3 Å². The van der Waals surface area contributed by atoms with E-state index in [1.165, 1.54) is 11.1 Å². The molecule has 0 aliphatic heterocycles. The summed E-state index contributed by atoms with van der Waals surface area (Å²) in [5.74, 6) is 1.13. The Bertz CT molecular complexity index is 381. The fraction of sp³-hybridized carbons (Fsp3) is 0.625. The summed E-state index contributed by atoms with van der Waals surface area (Å²) >= 11 is 1.89. The van der Waals surface area contributed by atoms with Crippen molar-refractivity contribution in [3.8, 4) is 0 Å². The topological polar surface area (TPSA) is 29.3 Å². The average Bonchev–Trinajstić information content (AvgIpc) is 2.41. The van der Waals surface area contributed by atoms with Crippen LogP contribution in [0.25, 0.3) is 0 Å². The fourth-order valence-electron chi connectivity index (χ4n) is 2.53. The first-order valence-electron chi connectivity index (χ1n) is 7.04. The van der Waals surface area contributed by atoms with Gasteiger partial charge in [-0.05, 0) is 44.7 Å². The van der Waals surface area contributed by atoms with Gasteiger partial charge in [0.05, 0.1) is 6.04 Å². The molecule has 19 heavy (non-hydrogen) atoms. The van der Waals surface area contributed by atoms with Gasteiger partial charge in [0.1, 0.15) is 0 Å². The molecule has 2 N–H and O–H groups in total. The Morgan fingerprint density at radius 1 is 1.32 bits per heavy atom.